The molecule has 4 aliphatic rings. The number of rotatable bonds is 6. The van der Waals surface area contributed by atoms with Crippen molar-refractivity contribution in [3.8, 4) is 0 Å². The summed E-state index contributed by atoms with van der Waals surface area (Å²) in [6.07, 6.45) is 17.5. The van der Waals surface area contributed by atoms with Gasteiger partial charge in [-0.25, -0.2) is 0 Å². The number of aliphatic hydroxyl groups excluding tert-OH is 2. The van der Waals surface area contributed by atoms with Crippen molar-refractivity contribution >= 4 is 0 Å². The van der Waals surface area contributed by atoms with Crippen LogP contribution in [-0.2, 0) is 0 Å². The molecule has 4 rings (SSSR count). The van der Waals surface area contributed by atoms with Crippen LogP contribution >= 0.6 is 0 Å². The van der Waals surface area contributed by atoms with Gasteiger partial charge in [-0.15, -0.1) is 0 Å². The minimum Gasteiger partial charge on any atom is -0.390 e. The fourth-order valence-corrected chi connectivity index (χ4v) is 8.19. The molecule has 4 saturated carbocycles. The quantitative estimate of drug-likeness (QED) is 0.401. The van der Waals surface area contributed by atoms with Crippen molar-refractivity contribution in [1.82, 2.24) is 0 Å². The first-order valence-electron chi connectivity index (χ1n) is 13.8. The summed E-state index contributed by atoms with van der Waals surface area (Å²) in [6, 6.07) is 0. The van der Waals surface area contributed by atoms with Crippen molar-refractivity contribution in [2.45, 2.75) is 122 Å². The van der Waals surface area contributed by atoms with Crippen LogP contribution in [-0.4, -0.2) is 33.1 Å². The molecular formula is C30H48O3. The lowest BCUT2D eigenvalue weighted by Crippen LogP contribution is -2.36. The topological polar surface area (TPSA) is 60.7 Å². The normalized spacial score (nSPS) is 43.7. The smallest absolute Gasteiger partial charge is 0.0809 e. The standard InChI is InChI=1S/C30H48O3/c1-20-13-16-30(33,19-20)15-5-7-21(2)25-11-12-26-24(8-6-14-29(25,26)4)10-9-23-17-27(31)22(3)28(32)18-23/h9-10,20-21,25-28,31-33H,3,5-8,11-19H2,1-2,4H3/b24-10+/t20?,21-,25?,26?,27+,28+,29+,30?/m0/s1. The molecule has 0 aromatic rings. The van der Waals surface area contributed by atoms with E-state index in [1.165, 1.54) is 44.9 Å². The lowest BCUT2D eigenvalue weighted by molar-refractivity contribution is 0.0287. The van der Waals surface area contributed by atoms with Crippen LogP contribution in [0.1, 0.15) is 104 Å². The summed E-state index contributed by atoms with van der Waals surface area (Å²) in [5, 5.41) is 31.2. The Kier molecular flexibility index (Phi) is 7.63. The third-order valence-corrected chi connectivity index (χ3v) is 10.2. The van der Waals surface area contributed by atoms with E-state index in [1.807, 2.05) is 0 Å². The third kappa shape index (κ3) is 5.36. The molecule has 186 valence electrons. The van der Waals surface area contributed by atoms with E-state index in [0.29, 0.717) is 35.7 Å². The molecule has 4 fully saturated rings. The Hall–Kier alpha value is -0.900. The molecule has 3 N–H and O–H groups in total. The summed E-state index contributed by atoms with van der Waals surface area (Å²) in [5.74, 6) is 2.85. The van der Waals surface area contributed by atoms with Gasteiger partial charge in [-0.1, -0.05) is 63.5 Å². The largest absolute Gasteiger partial charge is 0.390 e. The lowest BCUT2D eigenvalue weighted by atomic mass is 9.60. The molecule has 0 bridgehead atoms. The van der Waals surface area contributed by atoms with Gasteiger partial charge < -0.3 is 15.3 Å². The summed E-state index contributed by atoms with van der Waals surface area (Å²) < 4.78 is 0. The SMILES string of the molecule is C=C1[C@H](O)CC(=C/C=C2\CCC[C@@]3(C)C2CCC3[C@@H](C)CCCC2(O)CCC(C)C2)C[C@H]1O. The average molecular weight is 457 g/mol. The molecule has 0 radical (unpaired) electrons. The summed E-state index contributed by atoms with van der Waals surface area (Å²) in [5.41, 5.74) is 3.30. The zero-order valence-electron chi connectivity index (χ0n) is 21.4. The zero-order valence-corrected chi connectivity index (χ0v) is 21.4. The van der Waals surface area contributed by atoms with Crippen LogP contribution in [0.3, 0.4) is 0 Å². The van der Waals surface area contributed by atoms with E-state index in [2.05, 4.69) is 39.5 Å². The number of hydrogen-bond acceptors (Lipinski definition) is 3. The number of aliphatic hydroxyl groups is 3. The summed E-state index contributed by atoms with van der Waals surface area (Å²) in [7, 11) is 0. The highest BCUT2D eigenvalue weighted by Gasteiger charge is 2.50. The van der Waals surface area contributed by atoms with Gasteiger partial charge in [0.25, 0.3) is 0 Å². The highest BCUT2D eigenvalue weighted by Crippen LogP contribution is 2.60. The van der Waals surface area contributed by atoms with Crippen molar-refractivity contribution in [3.63, 3.8) is 0 Å². The monoisotopic (exact) mass is 456 g/mol. The maximum atomic E-state index is 10.9. The van der Waals surface area contributed by atoms with Gasteiger partial charge in [0.05, 0.1) is 17.8 Å². The Balaban J connectivity index is 1.37. The van der Waals surface area contributed by atoms with Crippen molar-refractivity contribution in [3.05, 3.63) is 35.5 Å². The molecule has 0 aromatic carbocycles. The highest BCUT2D eigenvalue weighted by atomic mass is 16.3. The minimum atomic E-state index is -0.614. The van der Waals surface area contributed by atoms with Gasteiger partial charge in [0.1, 0.15) is 0 Å². The van der Waals surface area contributed by atoms with Gasteiger partial charge in [0, 0.05) is 0 Å². The van der Waals surface area contributed by atoms with E-state index in [1.54, 1.807) is 5.57 Å². The van der Waals surface area contributed by atoms with Crippen LogP contribution in [0.5, 0.6) is 0 Å². The maximum absolute atomic E-state index is 10.9. The summed E-state index contributed by atoms with van der Waals surface area (Å²) in [6.45, 7) is 11.1. The Bertz CT molecular complexity index is 765. The van der Waals surface area contributed by atoms with E-state index in [-0.39, 0.29) is 5.60 Å². The lowest BCUT2D eigenvalue weighted by Gasteiger charge is -2.44. The van der Waals surface area contributed by atoms with Crippen LogP contribution in [0.4, 0.5) is 0 Å². The summed E-state index contributed by atoms with van der Waals surface area (Å²) in [4.78, 5) is 0. The first-order chi connectivity index (χ1) is 15.6. The molecular weight excluding hydrogens is 408 g/mol. The van der Waals surface area contributed by atoms with Crippen LogP contribution in [0.2, 0.25) is 0 Å². The van der Waals surface area contributed by atoms with Gasteiger partial charge >= 0.3 is 0 Å². The predicted octanol–water partition coefficient (Wildman–Crippen LogP) is 6.48. The fourth-order valence-electron chi connectivity index (χ4n) is 8.19. The van der Waals surface area contributed by atoms with Crippen molar-refractivity contribution in [2.24, 2.45) is 29.1 Å². The molecule has 3 heteroatoms. The van der Waals surface area contributed by atoms with Crippen molar-refractivity contribution < 1.29 is 15.3 Å². The van der Waals surface area contributed by atoms with Crippen LogP contribution in [0, 0.1) is 29.1 Å². The summed E-state index contributed by atoms with van der Waals surface area (Å²) >= 11 is 0. The predicted molar refractivity (Wildman–Crippen MR) is 136 cm³/mol. The molecule has 4 aliphatic carbocycles. The van der Waals surface area contributed by atoms with E-state index < -0.39 is 12.2 Å². The van der Waals surface area contributed by atoms with Gasteiger partial charge in [0.15, 0.2) is 0 Å². The van der Waals surface area contributed by atoms with E-state index >= 15 is 0 Å². The minimum absolute atomic E-state index is 0.387. The Labute approximate surface area is 202 Å². The molecule has 8 atom stereocenters. The first kappa shape index (κ1) is 25.2. The molecule has 0 aliphatic heterocycles. The molecule has 0 amide bonds. The second-order valence-electron chi connectivity index (χ2n) is 12.6. The van der Waals surface area contributed by atoms with E-state index in [9.17, 15) is 15.3 Å². The molecule has 0 saturated heterocycles. The third-order valence-electron chi connectivity index (χ3n) is 10.2. The maximum Gasteiger partial charge on any atom is 0.0809 e. The van der Waals surface area contributed by atoms with Gasteiger partial charge in [-0.2, -0.15) is 0 Å². The zero-order chi connectivity index (χ0) is 23.8. The van der Waals surface area contributed by atoms with E-state index in [0.717, 1.165) is 43.1 Å². The van der Waals surface area contributed by atoms with Crippen LogP contribution in [0.25, 0.3) is 0 Å². The Morgan fingerprint density at radius 1 is 1.09 bits per heavy atom. The Morgan fingerprint density at radius 2 is 1.82 bits per heavy atom. The van der Waals surface area contributed by atoms with Crippen molar-refractivity contribution in [1.29, 1.82) is 0 Å². The van der Waals surface area contributed by atoms with Gasteiger partial charge in [0.2, 0.25) is 0 Å². The number of hydrogen-bond donors (Lipinski definition) is 3. The molecule has 33 heavy (non-hydrogen) atoms. The second-order valence-corrected chi connectivity index (χ2v) is 12.6. The Morgan fingerprint density at radius 3 is 2.48 bits per heavy atom. The van der Waals surface area contributed by atoms with Crippen LogP contribution in [0.15, 0.2) is 35.5 Å². The second kappa shape index (κ2) is 9.99. The highest BCUT2D eigenvalue weighted by molar-refractivity contribution is 5.29. The number of fused-ring (bicyclic) bond motifs is 1. The van der Waals surface area contributed by atoms with E-state index in [4.69, 9.17) is 0 Å². The molecule has 0 aromatic heterocycles. The fraction of sp³-hybridized carbons (Fsp3) is 0.800. The average Bonchev–Trinajstić information content (AvgIpc) is 3.29. The molecule has 0 heterocycles. The number of allylic oxidation sites excluding steroid dienone is 3. The van der Waals surface area contributed by atoms with Crippen LogP contribution < -0.4 is 0 Å². The van der Waals surface area contributed by atoms with Gasteiger partial charge in [-0.05, 0) is 105 Å². The van der Waals surface area contributed by atoms with Gasteiger partial charge in [-0.3, -0.25) is 0 Å². The molecule has 4 unspecified atom stereocenters. The molecule has 0 spiro atoms. The first-order valence-corrected chi connectivity index (χ1v) is 13.8. The molecule has 3 nitrogen and oxygen atoms in total. The van der Waals surface area contributed by atoms with Crippen molar-refractivity contribution in [2.75, 3.05) is 0 Å².